The van der Waals surface area contributed by atoms with Crippen molar-refractivity contribution in [1.29, 1.82) is 0 Å². The van der Waals surface area contributed by atoms with Crippen molar-refractivity contribution in [3.8, 4) is 0 Å². The van der Waals surface area contributed by atoms with Gasteiger partial charge in [-0.3, -0.25) is 0 Å². The van der Waals surface area contributed by atoms with Crippen LogP contribution in [-0.4, -0.2) is 42.6 Å². The Kier molecular flexibility index (Phi) is 3.04. The molecule has 1 aromatic heterocycles. The zero-order valence-electron chi connectivity index (χ0n) is 12.0. The first-order chi connectivity index (χ1) is 9.85. The third kappa shape index (κ3) is 2.15. The Morgan fingerprint density at radius 2 is 1.90 bits per heavy atom. The van der Waals surface area contributed by atoms with Gasteiger partial charge >= 0.3 is 0 Å². The second-order valence-electron chi connectivity index (χ2n) is 6.57. The summed E-state index contributed by atoms with van der Waals surface area (Å²) in [7, 11) is 0. The standard InChI is InChI=1S/C17H23N3/c1-2-4-16-15(3-1)14(11-19-16)5-10-20-12-17(13-20)6-8-18-9-7-17/h1-4,11,18-19H,5-10,12-13H2. The van der Waals surface area contributed by atoms with E-state index in [4.69, 9.17) is 0 Å². The number of nitrogens with one attached hydrogen (secondary N) is 2. The van der Waals surface area contributed by atoms with Gasteiger partial charge in [0.05, 0.1) is 0 Å². The predicted octanol–water partition coefficient (Wildman–Crippen LogP) is 2.40. The van der Waals surface area contributed by atoms with Gasteiger partial charge in [-0.25, -0.2) is 0 Å². The van der Waals surface area contributed by atoms with Crippen molar-refractivity contribution in [2.75, 3.05) is 32.7 Å². The van der Waals surface area contributed by atoms with Gasteiger partial charge in [-0.15, -0.1) is 0 Å². The van der Waals surface area contributed by atoms with Gasteiger partial charge in [0.2, 0.25) is 0 Å². The van der Waals surface area contributed by atoms with E-state index in [1.165, 1.54) is 68.5 Å². The molecule has 0 amide bonds. The third-order valence-electron chi connectivity index (χ3n) is 5.15. The second kappa shape index (κ2) is 4.90. The van der Waals surface area contributed by atoms with Crippen LogP contribution in [0.4, 0.5) is 0 Å². The lowest BCUT2D eigenvalue weighted by atomic mass is 9.72. The molecule has 0 aliphatic carbocycles. The van der Waals surface area contributed by atoms with Gasteiger partial charge in [0, 0.05) is 36.7 Å². The van der Waals surface area contributed by atoms with Crippen molar-refractivity contribution in [2.24, 2.45) is 5.41 Å². The fourth-order valence-electron chi connectivity index (χ4n) is 3.95. The van der Waals surface area contributed by atoms with Gasteiger partial charge in [0.1, 0.15) is 0 Å². The lowest BCUT2D eigenvalue weighted by molar-refractivity contribution is -0.0216. The highest BCUT2D eigenvalue weighted by molar-refractivity contribution is 5.83. The Balaban J connectivity index is 1.35. The first-order valence-corrected chi connectivity index (χ1v) is 7.83. The highest BCUT2D eigenvalue weighted by atomic mass is 15.2. The quantitative estimate of drug-likeness (QED) is 0.896. The van der Waals surface area contributed by atoms with Crippen molar-refractivity contribution in [3.63, 3.8) is 0 Å². The van der Waals surface area contributed by atoms with E-state index in [-0.39, 0.29) is 0 Å². The molecule has 106 valence electrons. The van der Waals surface area contributed by atoms with Crippen LogP contribution in [0.15, 0.2) is 30.5 Å². The molecule has 3 heterocycles. The number of H-pyrrole nitrogens is 1. The molecular formula is C17H23N3. The minimum absolute atomic E-state index is 0.658. The Morgan fingerprint density at radius 1 is 1.10 bits per heavy atom. The minimum atomic E-state index is 0.658. The first kappa shape index (κ1) is 12.4. The summed E-state index contributed by atoms with van der Waals surface area (Å²) < 4.78 is 0. The average molecular weight is 269 g/mol. The molecule has 0 saturated carbocycles. The molecule has 2 fully saturated rings. The molecule has 0 bridgehead atoms. The Hall–Kier alpha value is -1.32. The van der Waals surface area contributed by atoms with Gasteiger partial charge in [-0.1, -0.05) is 18.2 Å². The number of para-hydroxylation sites is 1. The van der Waals surface area contributed by atoms with Crippen molar-refractivity contribution >= 4 is 10.9 Å². The number of nitrogens with zero attached hydrogens (tertiary/aromatic N) is 1. The molecule has 1 aromatic carbocycles. The molecule has 20 heavy (non-hydrogen) atoms. The van der Waals surface area contributed by atoms with Crippen molar-refractivity contribution in [1.82, 2.24) is 15.2 Å². The Bertz CT molecular complexity index is 587. The second-order valence-corrected chi connectivity index (χ2v) is 6.57. The monoisotopic (exact) mass is 269 g/mol. The van der Waals surface area contributed by atoms with Crippen molar-refractivity contribution in [2.45, 2.75) is 19.3 Å². The van der Waals surface area contributed by atoms with Crippen molar-refractivity contribution in [3.05, 3.63) is 36.0 Å². The lowest BCUT2D eigenvalue weighted by Gasteiger charge is -2.52. The van der Waals surface area contributed by atoms with Gasteiger partial charge in [-0.05, 0) is 49.4 Å². The van der Waals surface area contributed by atoms with E-state index in [1.807, 2.05) is 0 Å². The molecule has 0 unspecified atom stereocenters. The fourth-order valence-corrected chi connectivity index (χ4v) is 3.95. The van der Waals surface area contributed by atoms with Crippen molar-refractivity contribution < 1.29 is 0 Å². The molecular weight excluding hydrogens is 246 g/mol. The molecule has 0 atom stereocenters. The molecule has 2 aliphatic heterocycles. The average Bonchev–Trinajstić information content (AvgIpc) is 2.87. The van der Waals surface area contributed by atoms with Crippen LogP contribution in [0.25, 0.3) is 10.9 Å². The molecule has 2 N–H and O–H groups in total. The largest absolute Gasteiger partial charge is 0.361 e. The zero-order valence-corrected chi connectivity index (χ0v) is 12.0. The molecule has 2 aromatic rings. The van der Waals surface area contributed by atoms with Crippen LogP contribution in [0.3, 0.4) is 0 Å². The summed E-state index contributed by atoms with van der Waals surface area (Å²) in [5.74, 6) is 0. The summed E-state index contributed by atoms with van der Waals surface area (Å²) in [6.07, 6.45) is 6.09. The van der Waals surface area contributed by atoms with Crippen LogP contribution < -0.4 is 5.32 Å². The lowest BCUT2D eigenvalue weighted by Crippen LogP contribution is -2.60. The van der Waals surface area contributed by atoms with Gasteiger partial charge in [-0.2, -0.15) is 0 Å². The van der Waals surface area contributed by atoms with Gasteiger partial charge in [0.25, 0.3) is 0 Å². The topological polar surface area (TPSA) is 31.1 Å². The zero-order chi connectivity index (χ0) is 13.4. The van der Waals surface area contributed by atoms with E-state index in [0.29, 0.717) is 5.41 Å². The van der Waals surface area contributed by atoms with E-state index in [2.05, 4.69) is 45.7 Å². The normalized spacial score (nSPS) is 22.2. The smallest absolute Gasteiger partial charge is 0.0456 e. The van der Waals surface area contributed by atoms with Gasteiger partial charge in [0.15, 0.2) is 0 Å². The van der Waals surface area contributed by atoms with E-state index >= 15 is 0 Å². The number of aromatic nitrogens is 1. The first-order valence-electron chi connectivity index (χ1n) is 7.83. The highest BCUT2D eigenvalue weighted by Crippen LogP contribution is 2.38. The fraction of sp³-hybridized carbons (Fsp3) is 0.529. The van der Waals surface area contributed by atoms with E-state index < -0.39 is 0 Å². The summed E-state index contributed by atoms with van der Waals surface area (Å²) in [5, 5.41) is 4.87. The summed E-state index contributed by atoms with van der Waals surface area (Å²) in [6, 6.07) is 8.62. The maximum Gasteiger partial charge on any atom is 0.0456 e. The third-order valence-corrected chi connectivity index (χ3v) is 5.15. The predicted molar refractivity (Wildman–Crippen MR) is 83.0 cm³/mol. The summed E-state index contributed by atoms with van der Waals surface area (Å²) >= 11 is 0. The summed E-state index contributed by atoms with van der Waals surface area (Å²) in [4.78, 5) is 6.01. The number of fused-ring (bicyclic) bond motifs is 1. The maximum atomic E-state index is 3.47. The van der Waals surface area contributed by atoms with Gasteiger partial charge < -0.3 is 15.2 Å². The number of aromatic amines is 1. The Labute approximate surface area is 120 Å². The number of likely N-dealkylation sites (tertiary alicyclic amines) is 1. The van der Waals surface area contributed by atoms with E-state index in [9.17, 15) is 0 Å². The van der Waals surface area contributed by atoms with E-state index in [0.717, 1.165) is 0 Å². The number of hydrogen-bond donors (Lipinski definition) is 2. The molecule has 2 aliphatic rings. The molecule has 1 spiro atoms. The summed E-state index contributed by atoms with van der Waals surface area (Å²) in [5.41, 5.74) is 3.39. The van der Waals surface area contributed by atoms with E-state index in [1.54, 1.807) is 0 Å². The maximum absolute atomic E-state index is 3.47. The molecule has 2 saturated heterocycles. The molecule has 3 nitrogen and oxygen atoms in total. The van der Waals surface area contributed by atoms with Crippen LogP contribution in [0, 0.1) is 5.41 Å². The molecule has 3 heteroatoms. The number of rotatable bonds is 3. The number of piperidine rings is 1. The number of hydrogen-bond acceptors (Lipinski definition) is 2. The SMILES string of the molecule is c1ccc2c(CCN3CC4(CCNCC4)C3)c[nH]c2c1. The molecule has 4 rings (SSSR count). The Morgan fingerprint density at radius 3 is 2.75 bits per heavy atom. The summed E-state index contributed by atoms with van der Waals surface area (Å²) in [6.45, 7) is 6.28. The van der Waals surface area contributed by atoms with Crippen LogP contribution in [-0.2, 0) is 6.42 Å². The van der Waals surface area contributed by atoms with Crippen LogP contribution in [0.2, 0.25) is 0 Å². The molecule has 0 radical (unpaired) electrons. The number of benzene rings is 1. The van der Waals surface area contributed by atoms with Crippen LogP contribution in [0.1, 0.15) is 18.4 Å². The minimum Gasteiger partial charge on any atom is -0.361 e. The van der Waals surface area contributed by atoms with Crippen LogP contribution >= 0.6 is 0 Å². The van der Waals surface area contributed by atoms with Crippen LogP contribution in [0.5, 0.6) is 0 Å². The highest BCUT2D eigenvalue weighted by Gasteiger charge is 2.42.